The molecule has 4 N–H and O–H groups in total. The Balaban J connectivity index is 0.00000612. The number of amides is 2. The minimum Gasteiger partial charge on any atom is -0.354 e. The first-order chi connectivity index (χ1) is 16.4. The fourth-order valence-electron chi connectivity index (χ4n) is 3.43. The molecule has 2 atom stereocenters. The molecule has 0 aliphatic rings. The van der Waals surface area contributed by atoms with Gasteiger partial charge in [0.15, 0.2) is 0 Å². The molecule has 2 rings (SSSR count). The number of nitrogens with two attached hydrogens (primary N) is 1. The standard InChI is InChI=1S/C27H37N3O4.ClH/c1-3-20(2)26(28)27(33)29-18-17-25(32)34-30-24(31)19-23-15-13-22(14-16-23)12-8-7-11-21-9-5-4-6-10-21;/h4-6,9-10,13-16,20,26H,3,7-8,11-12,17-19,28H2,1-2H3,(H,29,33)(H,30,31);1H/t20-,26-;/m0./s1. The number of nitrogens with one attached hydrogen (secondary N) is 2. The van der Waals surface area contributed by atoms with Crippen LogP contribution < -0.4 is 16.5 Å². The van der Waals surface area contributed by atoms with Crippen LogP contribution in [0.15, 0.2) is 54.6 Å². The second kappa shape index (κ2) is 16.7. The van der Waals surface area contributed by atoms with Crippen molar-refractivity contribution in [1.82, 2.24) is 10.8 Å². The third kappa shape index (κ3) is 11.9. The predicted molar refractivity (Wildman–Crippen MR) is 140 cm³/mol. The maximum atomic E-state index is 12.1. The molecule has 192 valence electrons. The van der Waals surface area contributed by atoms with Gasteiger partial charge in [-0.2, -0.15) is 5.48 Å². The zero-order valence-electron chi connectivity index (χ0n) is 20.6. The molecule has 2 aromatic carbocycles. The summed E-state index contributed by atoms with van der Waals surface area (Å²) in [4.78, 5) is 40.5. The van der Waals surface area contributed by atoms with Crippen LogP contribution in [0.25, 0.3) is 0 Å². The average Bonchev–Trinajstić information content (AvgIpc) is 2.86. The van der Waals surface area contributed by atoms with E-state index < -0.39 is 17.9 Å². The van der Waals surface area contributed by atoms with Crippen molar-refractivity contribution in [3.05, 3.63) is 71.3 Å². The summed E-state index contributed by atoms with van der Waals surface area (Å²) in [5.41, 5.74) is 11.4. The van der Waals surface area contributed by atoms with Gasteiger partial charge in [-0.15, -0.1) is 12.4 Å². The molecule has 35 heavy (non-hydrogen) atoms. The van der Waals surface area contributed by atoms with Crippen LogP contribution in [-0.2, 0) is 38.5 Å². The fourth-order valence-corrected chi connectivity index (χ4v) is 3.43. The van der Waals surface area contributed by atoms with E-state index in [1.807, 2.05) is 44.2 Å². The number of aryl methyl sites for hydroxylation is 2. The lowest BCUT2D eigenvalue weighted by Gasteiger charge is -2.17. The van der Waals surface area contributed by atoms with Gasteiger partial charge in [-0.1, -0.05) is 74.9 Å². The Morgan fingerprint density at radius 1 is 0.914 bits per heavy atom. The quantitative estimate of drug-likeness (QED) is 0.285. The first kappa shape index (κ1) is 30.1. The van der Waals surface area contributed by atoms with Crippen LogP contribution in [0.5, 0.6) is 0 Å². The lowest BCUT2D eigenvalue weighted by Crippen LogP contribution is -2.45. The number of carbonyl (C=O) groups is 3. The van der Waals surface area contributed by atoms with Crippen LogP contribution in [0.2, 0.25) is 0 Å². The Labute approximate surface area is 214 Å². The predicted octanol–water partition coefficient (Wildman–Crippen LogP) is 3.67. The van der Waals surface area contributed by atoms with Crippen LogP contribution in [-0.4, -0.2) is 30.4 Å². The Bertz CT molecular complexity index is 906. The minimum atomic E-state index is -0.628. The Morgan fingerprint density at radius 3 is 2.09 bits per heavy atom. The maximum absolute atomic E-state index is 12.1. The molecule has 0 saturated carbocycles. The number of hydrogen-bond acceptors (Lipinski definition) is 5. The molecule has 0 spiro atoms. The number of unbranched alkanes of at least 4 members (excludes halogenated alkanes) is 1. The molecular weight excluding hydrogens is 466 g/mol. The first-order valence-electron chi connectivity index (χ1n) is 12.0. The lowest BCUT2D eigenvalue weighted by molar-refractivity contribution is -0.158. The summed E-state index contributed by atoms with van der Waals surface area (Å²) >= 11 is 0. The molecule has 0 bridgehead atoms. The molecule has 0 radical (unpaired) electrons. The molecule has 8 heteroatoms. The zero-order chi connectivity index (χ0) is 24.8. The Morgan fingerprint density at radius 2 is 1.49 bits per heavy atom. The molecule has 2 amide bonds. The molecule has 0 aliphatic heterocycles. The molecule has 0 aromatic heterocycles. The fraction of sp³-hybridized carbons (Fsp3) is 0.444. The number of carbonyl (C=O) groups excluding carboxylic acids is 3. The van der Waals surface area contributed by atoms with Crippen molar-refractivity contribution < 1.29 is 19.2 Å². The second-order valence-corrected chi connectivity index (χ2v) is 8.64. The molecule has 7 nitrogen and oxygen atoms in total. The van der Waals surface area contributed by atoms with E-state index in [0.717, 1.165) is 37.7 Å². The highest BCUT2D eigenvalue weighted by atomic mass is 35.5. The minimum absolute atomic E-state index is 0. The van der Waals surface area contributed by atoms with Gasteiger partial charge >= 0.3 is 5.97 Å². The summed E-state index contributed by atoms with van der Waals surface area (Å²) in [5.74, 6) is -1.28. The molecule has 2 aromatic rings. The third-order valence-electron chi connectivity index (χ3n) is 5.88. The van der Waals surface area contributed by atoms with E-state index in [4.69, 9.17) is 10.6 Å². The molecule has 0 unspecified atom stereocenters. The molecule has 0 fully saturated rings. The van der Waals surface area contributed by atoms with Crippen molar-refractivity contribution >= 4 is 30.2 Å². The third-order valence-corrected chi connectivity index (χ3v) is 5.88. The highest BCUT2D eigenvalue weighted by Gasteiger charge is 2.19. The topological polar surface area (TPSA) is 111 Å². The van der Waals surface area contributed by atoms with Gasteiger partial charge in [0.1, 0.15) is 0 Å². The van der Waals surface area contributed by atoms with E-state index in [9.17, 15) is 14.4 Å². The average molecular weight is 504 g/mol. The first-order valence-corrected chi connectivity index (χ1v) is 12.0. The monoisotopic (exact) mass is 503 g/mol. The number of hydroxylamine groups is 1. The Kier molecular flexibility index (Phi) is 14.4. The smallest absolute Gasteiger partial charge is 0.334 e. The molecule has 0 aliphatic carbocycles. The summed E-state index contributed by atoms with van der Waals surface area (Å²) in [5, 5.41) is 2.61. The number of hydrogen-bond donors (Lipinski definition) is 3. The number of rotatable bonds is 13. The van der Waals surface area contributed by atoms with Crippen molar-refractivity contribution in [2.24, 2.45) is 11.7 Å². The van der Waals surface area contributed by atoms with Gasteiger partial charge in [0, 0.05) is 6.54 Å². The van der Waals surface area contributed by atoms with E-state index in [1.165, 1.54) is 11.1 Å². The summed E-state index contributed by atoms with van der Waals surface area (Å²) in [6.45, 7) is 3.96. The zero-order valence-corrected chi connectivity index (χ0v) is 21.4. The van der Waals surface area contributed by atoms with Crippen LogP contribution in [0.3, 0.4) is 0 Å². The highest BCUT2D eigenvalue weighted by molar-refractivity contribution is 5.85. The Hall–Kier alpha value is -2.90. The SMILES string of the molecule is CC[C@H](C)[C@H](N)C(=O)NCCC(=O)ONC(=O)Cc1ccc(CCCCc2ccccc2)cc1.Cl. The van der Waals surface area contributed by atoms with Crippen molar-refractivity contribution in [3.8, 4) is 0 Å². The second-order valence-electron chi connectivity index (χ2n) is 8.64. The van der Waals surface area contributed by atoms with Crippen LogP contribution >= 0.6 is 12.4 Å². The van der Waals surface area contributed by atoms with Crippen molar-refractivity contribution in [2.45, 2.75) is 64.8 Å². The van der Waals surface area contributed by atoms with E-state index in [2.05, 4.69) is 35.1 Å². The van der Waals surface area contributed by atoms with E-state index in [0.29, 0.717) is 0 Å². The van der Waals surface area contributed by atoms with Crippen LogP contribution in [0.4, 0.5) is 0 Å². The van der Waals surface area contributed by atoms with E-state index in [-0.39, 0.29) is 43.6 Å². The highest BCUT2D eigenvalue weighted by Crippen LogP contribution is 2.11. The largest absolute Gasteiger partial charge is 0.354 e. The summed E-state index contributed by atoms with van der Waals surface area (Å²) in [7, 11) is 0. The number of benzene rings is 2. The summed E-state index contributed by atoms with van der Waals surface area (Å²) in [6, 6.07) is 17.8. The van der Waals surface area contributed by atoms with Gasteiger partial charge < -0.3 is 15.9 Å². The van der Waals surface area contributed by atoms with Gasteiger partial charge in [0.05, 0.1) is 18.9 Å². The summed E-state index contributed by atoms with van der Waals surface area (Å²) < 4.78 is 0. The van der Waals surface area contributed by atoms with Gasteiger partial charge in [-0.25, -0.2) is 4.79 Å². The lowest BCUT2D eigenvalue weighted by atomic mass is 9.99. The molecular formula is C27H38ClN3O4. The van der Waals surface area contributed by atoms with Crippen LogP contribution in [0, 0.1) is 5.92 Å². The van der Waals surface area contributed by atoms with Crippen molar-refractivity contribution in [1.29, 1.82) is 0 Å². The van der Waals surface area contributed by atoms with E-state index in [1.54, 1.807) is 0 Å². The van der Waals surface area contributed by atoms with Crippen LogP contribution in [0.1, 0.15) is 56.2 Å². The van der Waals surface area contributed by atoms with Gasteiger partial charge in [-0.05, 0) is 48.3 Å². The van der Waals surface area contributed by atoms with Gasteiger partial charge in [0.25, 0.3) is 5.91 Å². The normalized spacial score (nSPS) is 12.1. The number of halogens is 1. The van der Waals surface area contributed by atoms with Gasteiger partial charge in [-0.3, -0.25) is 9.59 Å². The molecule has 0 heterocycles. The molecule has 0 saturated heterocycles. The van der Waals surface area contributed by atoms with Crippen molar-refractivity contribution in [3.63, 3.8) is 0 Å². The maximum Gasteiger partial charge on any atom is 0.334 e. The van der Waals surface area contributed by atoms with Crippen molar-refractivity contribution in [2.75, 3.05) is 6.54 Å². The summed E-state index contributed by atoms with van der Waals surface area (Å²) in [6.07, 6.45) is 5.16. The van der Waals surface area contributed by atoms with Gasteiger partial charge in [0.2, 0.25) is 5.91 Å². The van der Waals surface area contributed by atoms with E-state index >= 15 is 0 Å².